The van der Waals surface area contributed by atoms with Crippen molar-refractivity contribution in [2.75, 3.05) is 0 Å². The third kappa shape index (κ3) is 2.64. The molecule has 148 valence electrons. The molecule has 1 unspecified atom stereocenters. The minimum atomic E-state index is -4.57. The summed E-state index contributed by atoms with van der Waals surface area (Å²) in [5.41, 5.74) is -0.254. The van der Waals surface area contributed by atoms with E-state index in [0.717, 1.165) is 6.07 Å². The average molecular weight is 422 g/mol. The second-order valence-electron chi connectivity index (χ2n) is 6.56. The van der Waals surface area contributed by atoms with E-state index in [9.17, 15) is 13.2 Å². The normalized spacial score (nSPS) is 16.0. The van der Waals surface area contributed by atoms with Crippen LogP contribution in [0.15, 0.2) is 35.3 Å². The molecular weight excluding hydrogens is 411 g/mol. The van der Waals surface area contributed by atoms with Crippen LogP contribution in [0.5, 0.6) is 0 Å². The molecule has 1 aromatic carbocycles. The Morgan fingerprint density at radius 1 is 1.07 bits per heavy atom. The van der Waals surface area contributed by atoms with Gasteiger partial charge in [-0.2, -0.15) is 13.2 Å². The molecule has 4 aromatic rings. The Bertz CT molecular complexity index is 1210. The summed E-state index contributed by atoms with van der Waals surface area (Å²) in [6, 6.07) is 3.52. The van der Waals surface area contributed by atoms with Gasteiger partial charge in [0.1, 0.15) is 12.0 Å². The van der Waals surface area contributed by atoms with Gasteiger partial charge in [-0.1, -0.05) is 17.7 Å². The molecule has 0 spiro atoms. The number of nitrogens with zero attached hydrogens (tertiary/aromatic N) is 7. The molecule has 0 saturated carbocycles. The summed E-state index contributed by atoms with van der Waals surface area (Å²) in [5.74, 6) is 1.56. The van der Waals surface area contributed by atoms with Gasteiger partial charge in [0, 0.05) is 12.1 Å². The Morgan fingerprint density at radius 2 is 1.79 bits per heavy atom. The van der Waals surface area contributed by atoms with Gasteiger partial charge in [0.15, 0.2) is 18.0 Å². The highest BCUT2D eigenvalue weighted by molar-refractivity contribution is 6.34. The lowest BCUT2D eigenvalue weighted by Crippen LogP contribution is -2.22. The van der Waals surface area contributed by atoms with E-state index in [1.165, 1.54) is 24.8 Å². The molecule has 0 saturated heterocycles. The molecule has 12 heteroatoms. The van der Waals surface area contributed by atoms with Gasteiger partial charge in [0.25, 0.3) is 0 Å². The van der Waals surface area contributed by atoms with Gasteiger partial charge in [-0.3, -0.25) is 4.57 Å². The Labute approximate surface area is 166 Å². The topological polar surface area (TPSA) is 87.4 Å². The zero-order chi connectivity index (χ0) is 20.3. The fourth-order valence-electron chi connectivity index (χ4n) is 3.47. The Kier molecular flexibility index (Phi) is 3.78. The SMILES string of the molecule is CC1Cn2c(-c3cocn3)nnc2-c2nnc(-c3cccc(C(F)(F)F)c3Cl)n21. The van der Waals surface area contributed by atoms with E-state index in [1.807, 2.05) is 11.5 Å². The van der Waals surface area contributed by atoms with Crippen LogP contribution in [0.1, 0.15) is 18.5 Å². The van der Waals surface area contributed by atoms with Crippen LogP contribution in [-0.4, -0.2) is 34.5 Å². The third-order valence-corrected chi connectivity index (χ3v) is 5.15. The van der Waals surface area contributed by atoms with Crippen molar-refractivity contribution in [3.05, 3.63) is 41.4 Å². The van der Waals surface area contributed by atoms with Crippen molar-refractivity contribution in [3.63, 3.8) is 0 Å². The number of rotatable bonds is 2. The van der Waals surface area contributed by atoms with Gasteiger partial charge >= 0.3 is 6.18 Å². The Morgan fingerprint density at radius 3 is 2.52 bits per heavy atom. The van der Waals surface area contributed by atoms with Gasteiger partial charge in [-0.15, -0.1) is 20.4 Å². The fourth-order valence-corrected chi connectivity index (χ4v) is 3.79. The standard InChI is InChI=1S/C17H11ClF3N7O/c1-8-5-27-14(11-6-29-7-22-11)24-25-15(27)16-26-23-13(28(8)16)9-3-2-4-10(12(9)18)17(19,20)21/h2-4,6-8H,5H2,1H3. The Balaban J connectivity index is 1.67. The lowest BCUT2D eigenvalue weighted by Gasteiger charge is -2.24. The molecule has 4 heterocycles. The molecule has 1 atom stereocenters. The molecule has 8 nitrogen and oxygen atoms in total. The van der Waals surface area contributed by atoms with Crippen molar-refractivity contribution in [2.24, 2.45) is 0 Å². The van der Waals surface area contributed by atoms with Crippen LogP contribution < -0.4 is 0 Å². The highest BCUT2D eigenvalue weighted by atomic mass is 35.5. The van der Waals surface area contributed by atoms with Crippen LogP contribution in [0.25, 0.3) is 34.6 Å². The second-order valence-corrected chi connectivity index (χ2v) is 6.94. The number of benzene rings is 1. The summed E-state index contributed by atoms with van der Waals surface area (Å²) in [4.78, 5) is 4.09. The molecule has 5 rings (SSSR count). The van der Waals surface area contributed by atoms with E-state index in [4.69, 9.17) is 16.0 Å². The van der Waals surface area contributed by atoms with E-state index >= 15 is 0 Å². The first-order valence-electron chi connectivity index (χ1n) is 8.49. The molecule has 0 fully saturated rings. The lowest BCUT2D eigenvalue weighted by atomic mass is 10.1. The summed E-state index contributed by atoms with van der Waals surface area (Å²) in [5, 5.41) is 16.2. The quantitative estimate of drug-likeness (QED) is 0.484. The van der Waals surface area contributed by atoms with Crippen LogP contribution in [0, 0.1) is 0 Å². The van der Waals surface area contributed by atoms with Crippen molar-refractivity contribution in [2.45, 2.75) is 25.7 Å². The van der Waals surface area contributed by atoms with Crippen molar-refractivity contribution in [1.29, 1.82) is 0 Å². The first-order chi connectivity index (χ1) is 13.9. The highest BCUT2D eigenvalue weighted by Gasteiger charge is 2.36. The van der Waals surface area contributed by atoms with Gasteiger partial charge in [-0.25, -0.2) is 4.98 Å². The molecule has 0 radical (unpaired) electrons. The largest absolute Gasteiger partial charge is 0.451 e. The highest BCUT2D eigenvalue weighted by Crippen LogP contribution is 2.41. The molecule has 0 amide bonds. The molecule has 3 aromatic heterocycles. The molecular formula is C17H11ClF3N7O. The number of aromatic nitrogens is 7. The van der Waals surface area contributed by atoms with Crippen LogP contribution >= 0.6 is 11.6 Å². The molecule has 0 bridgehead atoms. The number of hydrogen-bond acceptors (Lipinski definition) is 6. The van der Waals surface area contributed by atoms with Gasteiger partial charge in [0.2, 0.25) is 11.6 Å². The maximum absolute atomic E-state index is 13.3. The van der Waals surface area contributed by atoms with E-state index in [-0.39, 0.29) is 17.4 Å². The predicted molar refractivity (Wildman–Crippen MR) is 94.7 cm³/mol. The average Bonchev–Trinajstić information content (AvgIpc) is 3.39. The van der Waals surface area contributed by atoms with Crippen LogP contribution in [0.2, 0.25) is 5.02 Å². The van der Waals surface area contributed by atoms with E-state index < -0.39 is 16.8 Å². The zero-order valence-electron chi connectivity index (χ0n) is 14.7. The van der Waals surface area contributed by atoms with Gasteiger partial charge in [0.05, 0.1) is 16.6 Å². The fraction of sp³-hybridized carbons (Fsp3) is 0.235. The molecule has 29 heavy (non-hydrogen) atoms. The summed E-state index contributed by atoms with van der Waals surface area (Å²) < 4.78 is 48.3. The first-order valence-corrected chi connectivity index (χ1v) is 8.87. The van der Waals surface area contributed by atoms with E-state index in [2.05, 4.69) is 25.4 Å². The van der Waals surface area contributed by atoms with Crippen molar-refractivity contribution < 1.29 is 17.6 Å². The van der Waals surface area contributed by atoms with Gasteiger partial charge < -0.3 is 8.98 Å². The predicted octanol–water partition coefficient (Wildman–Crippen LogP) is 4.11. The summed E-state index contributed by atoms with van der Waals surface area (Å²) >= 11 is 6.09. The van der Waals surface area contributed by atoms with E-state index in [0.29, 0.717) is 29.7 Å². The summed E-state index contributed by atoms with van der Waals surface area (Å²) in [6.07, 6.45) is -1.83. The number of oxazole rings is 1. The summed E-state index contributed by atoms with van der Waals surface area (Å²) in [6.45, 7) is 2.34. The molecule has 0 aliphatic carbocycles. The Hall–Kier alpha value is -3.21. The van der Waals surface area contributed by atoms with Gasteiger partial charge in [-0.05, 0) is 19.1 Å². The summed E-state index contributed by atoms with van der Waals surface area (Å²) in [7, 11) is 0. The van der Waals surface area contributed by atoms with Crippen LogP contribution in [-0.2, 0) is 12.7 Å². The molecule has 1 aliphatic heterocycles. The van der Waals surface area contributed by atoms with Crippen molar-refractivity contribution >= 4 is 11.6 Å². The lowest BCUT2D eigenvalue weighted by molar-refractivity contribution is -0.137. The van der Waals surface area contributed by atoms with Crippen LogP contribution in [0.3, 0.4) is 0 Å². The molecule has 0 N–H and O–H groups in total. The monoisotopic (exact) mass is 421 g/mol. The third-order valence-electron chi connectivity index (χ3n) is 4.74. The first kappa shape index (κ1) is 17.9. The minimum absolute atomic E-state index is 0.150. The van der Waals surface area contributed by atoms with Crippen molar-refractivity contribution in [3.8, 4) is 34.6 Å². The number of hydrogen-bond donors (Lipinski definition) is 0. The minimum Gasteiger partial charge on any atom is -0.451 e. The molecule has 1 aliphatic rings. The smallest absolute Gasteiger partial charge is 0.417 e. The maximum Gasteiger partial charge on any atom is 0.417 e. The maximum atomic E-state index is 13.3. The number of halogens is 4. The number of alkyl halides is 3. The van der Waals surface area contributed by atoms with E-state index in [1.54, 1.807) is 4.57 Å². The number of fused-ring (bicyclic) bond motifs is 3. The van der Waals surface area contributed by atoms with Crippen molar-refractivity contribution in [1.82, 2.24) is 34.5 Å². The zero-order valence-corrected chi connectivity index (χ0v) is 15.5. The van der Waals surface area contributed by atoms with Crippen LogP contribution in [0.4, 0.5) is 13.2 Å². The second kappa shape index (κ2) is 6.14.